The lowest BCUT2D eigenvalue weighted by Gasteiger charge is -2.36. The van der Waals surface area contributed by atoms with Gasteiger partial charge in [-0.15, -0.1) is 0 Å². The summed E-state index contributed by atoms with van der Waals surface area (Å²) in [5, 5.41) is 7.59. The van der Waals surface area contributed by atoms with Crippen LogP contribution in [-0.4, -0.2) is 57.2 Å². The first kappa shape index (κ1) is 23.5. The van der Waals surface area contributed by atoms with Crippen LogP contribution in [0.3, 0.4) is 0 Å². The third kappa shape index (κ3) is 5.52. The van der Waals surface area contributed by atoms with Crippen molar-refractivity contribution in [2.75, 3.05) is 20.6 Å². The maximum atomic E-state index is 12.1. The van der Waals surface area contributed by atoms with Crippen LogP contribution >= 0.6 is 0 Å². The maximum Gasteiger partial charge on any atom is 0.248 e. The summed E-state index contributed by atoms with van der Waals surface area (Å²) in [6.07, 6.45) is 8.20. The summed E-state index contributed by atoms with van der Waals surface area (Å²) >= 11 is 0. The number of hydrogen-bond acceptors (Lipinski definition) is 7. The van der Waals surface area contributed by atoms with Crippen LogP contribution in [-0.2, 0) is 4.79 Å². The number of benzene rings is 2. The number of carbonyl (C=O) groups is 1. The number of ether oxygens (including phenoxy) is 2. The van der Waals surface area contributed by atoms with Crippen LogP contribution < -0.4 is 14.8 Å². The van der Waals surface area contributed by atoms with Crippen molar-refractivity contribution in [2.45, 2.75) is 24.9 Å². The molecule has 1 aliphatic carbocycles. The van der Waals surface area contributed by atoms with Gasteiger partial charge in [0.2, 0.25) is 11.8 Å². The van der Waals surface area contributed by atoms with Gasteiger partial charge in [0.25, 0.3) is 0 Å². The van der Waals surface area contributed by atoms with Crippen molar-refractivity contribution < 1.29 is 14.3 Å². The Morgan fingerprint density at radius 1 is 1.03 bits per heavy atom. The second-order valence-electron chi connectivity index (χ2n) is 8.99. The maximum absolute atomic E-state index is 12.1. The van der Waals surface area contributed by atoms with E-state index >= 15 is 0 Å². The number of aromatic nitrogens is 4. The normalized spacial score (nSPS) is 17.3. The molecule has 9 heteroatoms. The first-order chi connectivity index (χ1) is 17.5. The molecule has 0 radical (unpaired) electrons. The van der Waals surface area contributed by atoms with E-state index in [1.165, 1.54) is 6.33 Å². The predicted octanol–water partition coefficient (Wildman–Crippen LogP) is 4.35. The Hall–Kier alpha value is -4.24. The average Bonchev–Trinajstić information content (AvgIpc) is 3.27. The second-order valence-corrected chi connectivity index (χ2v) is 8.99. The fourth-order valence-corrected chi connectivity index (χ4v) is 4.05. The van der Waals surface area contributed by atoms with Crippen LogP contribution in [0.1, 0.15) is 18.9 Å². The Balaban J connectivity index is 1.24. The fraction of sp³-hybridized carbons (Fsp3) is 0.259. The Morgan fingerprint density at radius 3 is 2.44 bits per heavy atom. The van der Waals surface area contributed by atoms with Gasteiger partial charge in [0.05, 0.1) is 12.2 Å². The van der Waals surface area contributed by atoms with Gasteiger partial charge in [-0.25, -0.2) is 4.98 Å². The smallest absolute Gasteiger partial charge is 0.248 e. The lowest BCUT2D eigenvalue weighted by molar-refractivity contribution is -0.118. The number of amides is 1. The van der Waals surface area contributed by atoms with Crippen molar-refractivity contribution in [3.05, 3.63) is 79.3 Å². The van der Waals surface area contributed by atoms with E-state index in [2.05, 4.69) is 20.4 Å². The topological polar surface area (TPSA) is 94.4 Å². The van der Waals surface area contributed by atoms with Gasteiger partial charge in [-0.3, -0.25) is 9.48 Å². The molecule has 1 N–H and O–H groups in total. The molecular formula is C27H28N6O3. The number of likely N-dealkylation sites (N-methyl/N-ethyl adjacent to an activating group) is 1. The zero-order valence-electron chi connectivity index (χ0n) is 20.2. The first-order valence-corrected chi connectivity index (χ1v) is 11.9. The van der Waals surface area contributed by atoms with Crippen molar-refractivity contribution in [2.24, 2.45) is 0 Å². The van der Waals surface area contributed by atoms with Gasteiger partial charge >= 0.3 is 0 Å². The minimum atomic E-state index is -0.0716. The standard InChI is InChI=1S/C27H28N6O3/c1-32(2)14-6-9-25(34)31-19-15-20(16-19)33-26-24(17-30-33)28-18-29-27(26)36-23-12-10-22(11-13-23)35-21-7-4-3-5-8-21/h3-13,17-20H,14-16H2,1-2H3,(H,31,34). The lowest BCUT2D eigenvalue weighted by Crippen LogP contribution is -2.44. The van der Waals surface area contributed by atoms with Gasteiger partial charge in [0.15, 0.2) is 0 Å². The SMILES string of the molecule is CN(C)CC=CC(=O)NC1CC(n2ncc3ncnc(Oc4ccc(Oc5ccccc5)cc4)c32)C1. The molecule has 2 aromatic heterocycles. The third-order valence-electron chi connectivity index (χ3n) is 5.91. The minimum Gasteiger partial charge on any atom is -0.457 e. The molecule has 1 fully saturated rings. The predicted molar refractivity (Wildman–Crippen MR) is 136 cm³/mol. The Labute approximate surface area is 209 Å². The lowest BCUT2D eigenvalue weighted by atomic mass is 9.86. The largest absolute Gasteiger partial charge is 0.457 e. The minimum absolute atomic E-state index is 0.0716. The molecule has 0 spiro atoms. The van der Waals surface area contributed by atoms with Crippen molar-refractivity contribution in [3.8, 4) is 23.1 Å². The Bertz CT molecular complexity index is 1350. The molecule has 1 amide bonds. The van der Waals surface area contributed by atoms with E-state index in [0.717, 1.165) is 30.7 Å². The van der Waals surface area contributed by atoms with Gasteiger partial charge in [0, 0.05) is 18.7 Å². The van der Waals surface area contributed by atoms with E-state index < -0.39 is 0 Å². The van der Waals surface area contributed by atoms with Gasteiger partial charge in [-0.2, -0.15) is 10.1 Å². The van der Waals surface area contributed by atoms with Crippen LogP contribution in [0.15, 0.2) is 79.3 Å². The van der Waals surface area contributed by atoms with Gasteiger partial charge < -0.3 is 19.7 Å². The molecule has 0 aliphatic heterocycles. The summed E-state index contributed by atoms with van der Waals surface area (Å²) in [4.78, 5) is 22.8. The molecular weight excluding hydrogens is 456 g/mol. The molecule has 0 saturated heterocycles. The number of hydrogen-bond donors (Lipinski definition) is 1. The van der Waals surface area contributed by atoms with E-state index in [4.69, 9.17) is 9.47 Å². The van der Waals surface area contributed by atoms with Gasteiger partial charge in [0.1, 0.15) is 34.6 Å². The van der Waals surface area contributed by atoms with Crippen LogP contribution in [0.4, 0.5) is 0 Å². The van der Waals surface area contributed by atoms with Crippen LogP contribution in [0.5, 0.6) is 23.1 Å². The molecule has 0 atom stereocenters. The average molecular weight is 485 g/mol. The summed E-state index contributed by atoms with van der Waals surface area (Å²) in [5.41, 5.74) is 1.45. The fourth-order valence-electron chi connectivity index (χ4n) is 4.05. The quantitative estimate of drug-likeness (QED) is 0.353. The summed E-state index contributed by atoms with van der Waals surface area (Å²) in [5.74, 6) is 2.48. The molecule has 0 unspecified atom stereocenters. The summed E-state index contributed by atoms with van der Waals surface area (Å²) < 4.78 is 13.9. The molecule has 0 bridgehead atoms. The zero-order valence-corrected chi connectivity index (χ0v) is 20.2. The van der Waals surface area contributed by atoms with E-state index in [-0.39, 0.29) is 18.0 Å². The number of nitrogens with one attached hydrogen (secondary N) is 1. The molecule has 2 heterocycles. The number of nitrogens with zero attached hydrogens (tertiary/aromatic N) is 5. The highest BCUT2D eigenvalue weighted by atomic mass is 16.5. The molecule has 4 aromatic rings. The van der Waals surface area contributed by atoms with Crippen LogP contribution in [0, 0.1) is 0 Å². The molecule has 36 heavy (non-hydrogen) atoms. The molecule has 1 saturated carbocycles. The number of fused-ring (bicyclic) bond motifs is 1. The highest BCUT2D eigenvalue weighted by Gasteiger charge is 2.33. The van der Waals surface area contributed by atoms with Crippen molar-refractivity contribution >= 4 is 16.9 Å². The first-order valence-electron chi connectivity index (χ1n) is 11.9. The van der Waals surface area contributed by atoms with E-state index in [1.54, 1.807) is 12.3 Å². The monoisotopic (exact) mass is 484 g/mol. The van der Waals surface area contributed by atoms with Gasteiger partial charge in [-0.1, -0.05) is 24.3 Å². The summed E-state index contributed by atoms with van der Waals surface area (Å²) in [6.45, 7) is 0.728. The number of carbonyl (C=O) groups excluding carboxylic acids is 1. The molecule has 5 rings (SSSR count). The van der Waals surface area contributed by atoms with E-state index in [0.29, 0.717) is 22.9 Å². The third-order valence-corrected chi connectivity index (χ3v) is 5.91. The second kappa shape index (κ2) is 10.6. The van der Waals surface area contributed by atoms with Crippen LogP contribution in [0.25, 0.3) is 11.0 Å². The Kier molecular flexibility index (Phi) is 6.90. The molecule has 184 valence electrons. The van der Waals surface area contributed by atoms with Crippen molar-refractivity contribution in [1.29, 1.82) is 0 Å². The highest BCUT2D eigenvalue weighted by molar-refractivity contribution is 5.87. The van der Waals surface area contributed by atoms with E-state index in [9.17, 15) is 4.79 Å². The summed E-state index contributed by atoms with van der Waals surface area (Å²) in [7, 11) is 3.93. The van der Waals surface area contributed by atoms with Crippen LogP contribution in [0.2, 0.25) is 0 Å². The van der Waals surface area contributed by atoms with Gasteiger partial charge in [-0.05, 0) is 63.3 Å². The number of para-hydroxylation sites is 1. The zero-order chi connectivity index (χ0) is 24.9. The van der Waals surface area contributed by atoms with Crippen molar-refractivity contribution in [3.63, 3.8) is 0 Å². The van der Waals surface area contributed by atoms with Crippen molar-refractivity contribution in [1.82, 2.24) is 30.0 Å². The van der Waals surface area contributed by atoms with E-state index in [1.807, 2.05) is 84.4 Å². The molecule has 1 aliphatic rings. The molecule has 2 aromatic carbocycles. The molecule has 9 nitrogen and oxygen atoms in total. The summed E-state index contributed by atoms with van der Waals surface area (Å²) in [6, 6.07) is 17.2. The Morgan fingerprint density at radius 2 is 1.72 bits per heavy atom. The number of rotatable bonds is 9. The highest BCUT2D eigenvalue weighted by Crippen LogP contribution is 2.37.